The molecule has 0 amide bonds. The van der Waals surface area contributed by atoms with Crippen LogP contribution in [-0.4, -0.2) is 35.7 Å². The molecular formula is C23H34N2OS. The molecule has 0 radical (unpaired) electrons. The Labute approximate surface area is 168 Å². The second kappa shape index (κ2) is 9.81. The number of ether oxygens (including phenoxy) is 1. The van der Waals surface area contributed by atoms with E-state index in [0.717, 1.165) is 25.4 Å². The third-order valence-corrected chi connectivity index (χ3v) is 6.68. The lowest BCUT2D eigenvalue weighted by Crippen LogP contribution is -2.38. The summed E-state index contributed by atoms with van der Waals surface area (Å²) in [5.74, 6) is 0. The Morgan fingerprint density at radius 1 is 1.26 bits per heavy atom. The fourth-order valence-corrected chi connectivity index (χ4v) is 5.19. The van der Waals surface area contributed by atoms with Gasteiger partial charge in [0.25, 0.3) is 0 Å². The molecule has 3 nitrogen and oxygen atoms in total. The molecule has 2 aliphatic rings. The first-order chi connectivity index (χ1) is 13.2. The fraction of sp³-hybridized carbons (Fsp3) is 0.609. The van der Waals surface area contributed by atoms with Crippen LogP contribution in [-0.2, 0) is 17.7 Å². The van der Waals surface area contributed by atoms with E-state index in [-0.39, 0.29) is 0 Å². The standard InChI is InChI=1S/C21H28N2OS.C2H6/c1-17-4-5-19(13-22-17)14-23-10-9-21(16-23,20-3-2-11-24-20)8-6-18-7-12-25-15-18;1-2/h4-5,7,12-13,15,20H,2-3,6,8-11,14,16H2,1H3;1-2H3/t20?,21-;/m1./s1. The van der Waals surface area contributed by atoms with Crippen LogP contribution in [0.15, 0.2) is 35.2 Å². The smallest absolute Gasteiger partial charge is 0.0645 e. The highest BCUT2D eigenvalue weighted by Gasteiger charge is 2.45. The summed E-state index contributed by atoms with van der Waals surface area (Å²) in [5.41, 5.74) is 4.24. The van der Waals surface area contributed by atoms with Crippen LogP contribution in [0.4, 0.5) is 0 Å². The van der Waals surface area contributed by atoms with Crippen molar-refractivity contribution < 1.29 is 4.74 Å². The third kappa shape index (κ3) is 5.18. The minimum atomic E-state index is 0.330. The minimum absolute atomic E-state index is 0.330. The Balaban J connectivity index is 0.00000102. The Kier molecular flexibility index (Phi) is 7.45. The van der Waals surface area contributed by atoms with Gasteiger partial charge in [-0.15, -0.1) is 0 Å². The quantitative estimate of drug-likeness (QED) is 0.657. The van der Waals surface area contributed by atoms with Gasteiger partial charge >= 0.3 is 0 Å². The average molecular weight is 387 g/mol. The number of pyridine rings is 1. The Morgan fingerprint density at radius 2 is 2.15 bits per heavy atom. The van der Waals surface area contributed by atoms with E-state index in [4.69, 9.17) is 4.74 Å². The molecule has 0 saturated carbocycles. The highest BCUT2D eigenvalue weighted by Crippen LogP contribution is 2.44. The maximum Gasteiger partial charge on any atom is 0.0645 e. The maximum absolute atomic E-state index is 6.19. The summed E-state index contributed by atoms with van der Waals surface area (Å²) in [4.78, 5) is 7.07. The molecule has 0 aliphatic carbocycles. The Hall–Kier alpha value is -1.23. The van der Waals surface area contributed by atoms with E-state index in [2.05, 4.69) is 38.8 Å². The van der Waals surface area contributed by atoms with Crippen molar-refractivity contribution in [2.75, 3.05) is 19.7 Å². The summed E-state index contributed by atoms with van der Waals surface area (Å²) >= 11 is 1.81. The van der Waals surface area contributed by atoms with E-state index in [9.17, 15) is 0 Å². The molecule has 2 saturated heterocycles. The highest BCUT2D eigenvalue weighted by atomic mass is 32.1. The number of aromatic nitrogens is 1. The first-order valence-corrected chi connectivity index (χ1v) is 11.4. The number of likely N-dealkylation sites (tertiary alicyclic amines) is 1. The van der Waals surface area contributed by atoms with Gasteiger partial charge in [-0.2, -0.15) is 11.3 Å². The van der Waals surface area contributed by atoms with Crippen molar-refractivity contribution in [1.82, 2.24) is 9.88 Å². The lowest BCUT2D eigenvalue weighted by atomic mass is 9.75. The Bertz CT molecular complexity index is 664. The van der Waals surface area contributed by atoms with Gasteiger partial charge in [-0.1, -0.05) is 19.9 Å². The fourth-order valence-electron chi connectivity index (χ4n) is 4.49. The van der Waals surface area contributed by atoms with Crippen molar-refractivity contribution in [2.45, 2.75) is 65.5 Å². The van der Waals surface area contributed by atoms with Crippen LogP contribution < -0.4 is 0 Å². The van der Waals surface area contributed by atoms with E-state index in [1.807, 2.05) is 38.3 Å². The molecule has 0 aromatic carbocycles. The molecule has 4 rings (SSSR count). The first-order valence-electron chi connectivity index (χ1n) is 10.5. The number of aryl methyl sites for hydroxylation is 2. The van der Waals surface area contributed by atoms with E-state index >= 15 is 0 Å². The molecule has 1 unspecified atom stereocenters. The van der Waals surface area contributed by atoms with E-state index in [1.54, 1.807) is 0 Å². The molecule has 0 N–H and O–H groups in total. The summed E-state index contributed by atoms with van der Waals surface area (Å²) in [6.07, 6.45) is 8.65. The zero-order valence-corrected chi connectivity index (χ0v) is 17.9. The summed E-state index contributed by atoms with van der Waals surface area (Å²) in [6, 6.07) is 6.62. The lowest BCUT2D eigenvalue weighted by molar-refractivity contribution is -0.00180. The zero-order chi connectivity index (χ0) is 19.1. The molecule has 2 fully saturated rings. The van der Waals surface area contributed by atoms with Crippen LogP contribution >= 0.6 is 11.3 Å². The van der Waals surface area contributed by atoms with Gasteiger partial charge in [-0.25, -0.2) is 0 Å². The topological polar surface area (TPSA) is 25.4 Å². The molecule has 2 aromatic heterocycles. The van der Waals surface area contributed by atoms with Gasteiger partial charge in [0, 0.05) is 37.0 Å². The predicted molar refractivity (Wildman–Crippen MR) is 114 cm³/mol. The van der Waals surface area contributed by atoms with Gasteiger partial charge < -0.3 is 4.74 Å². The van der Waals surface area contributed by atoms with Gasteiger partial charge in [0.2, 0.25) is 0 Å². The lowest BCUT2D eigenvalue weighted by Gasteiger charge is -2.35. The van der Waals surface area contributed by atoms with Gasteiger partial charge in [0.1, 0.15) is 0 Å². The molecule has 4 heteroatoms. The second-order valence-electron chi connectivity index (χ2n) is 7.76. The average Bonchev–Trinajstić information content (AvgIpc) is 3.46. The highest BCUT2D eigenvalue weighted by molar-refractivity contribution is 7.07. The molecule has 2 atom stereocenters. The predicted octanol–water partition coefficient (Wildman–Crippen LogP) is 5.48. The van der Waals surface area contributed by atoms with E-state index in [1.165, 1.54) is 49.8 Å². The van der Waals surface area contributed by atoms with Crippen LogP contribution in [0.1, 0.15) is 56.4 Å². The van der Waals surface area contributed by atoms with Crippen LogP contribution in [0.25, 0.3) is 0 Å². The number of hydrogen-bond donors (Lipinski definition) is 0. The largest absolute Gasteiger partial charge is 0.378 e. The third-order valence-electron chi connectivity index (χ3n) is 5.95. The van der Waals surface area contributed by atoms with Crippen LogP contribution in [0.2, 0.25) is 0 Å². The van der Waals surface area contributed by atoms with Gasteiger partial charge in [0.05, 0.1) is 6.10 Å². The monoisotopic (exact) mass is 386 g/mol. The Morgan fingerprint density at radius 3 is 2.81 bits per heavy atom. The number of rotatable bonds is 6. The van der Waals surface area contributed by atoms with Crippen molar-refractivity contribution in [2.24, 2.45) is 5.41 Å². The summed E-state index contributed by atoms with van der Waals surface area (Å²) < 4.78 is 6.19. The van der Waals surface area contributed by atoms with Gasteiger partial charge in [-0.3, -0.25) is 9.88 Å². The molecule has 2 aliphatic heterocycles. The summed E-state index contributed by atoms with van der Waals surface area (Å²) in [7, 11) is 0. The number of thiophene rings is 1. The second-order valence-corrected chi connectivity index (χ2v) is 8.54. The first kappa shape index (κ1) is 20.5. The van der Waals surface area contributed by atoms with Crippen molar-refractivity contribution in [3.05, 3.63) is 52.0 Å². The molecule has 0 spiro atoms. The van der Waals surface area contributed by atoms with Gasteiger partial charge in [-0.05, 0) is 79.6 Å². The molecule has 0 bridgehead atoms. The number of hydrogen-bond acceptors (Lipinski definition) is 4. The van der Waals surface area contributed by atoms with E-state index < -0.39 is 0 Å². The minimum Gasteiger partial charge on any atom is -0.378 e. The number of nitrogens with zero attached hydrogens (tertiary/aromatic N) is 2. The van der Waals surface area contributed by atoms with Crippen molar-refractivity contribution >= 4 is 11.3 Å². The van der Waals surface area contributed by atoms with Crippen molar-refractivity contribution in [3.63, 3.8) is 0 Å². The zero-order valence-electron chi connectivity index (χ0n) is 17.1. The van der Waals surface area contributed by atoms with Crippen LogP contribution in [0.3, 0.4) is 0 Å². The van der Waals surface area contributed by atoms with Crippen LogP contribution in [0, 0.1) is 12.3 Å². The summed E-state index contributed by atoms with van der Waals surface area (Å²) in [5, 5.41) is 4.49. The molecule has 2 aromatic rings. The molecule has 4 heterocycles. The normalized spacial score (nSPS) is 25.4. The maximum atomic E-state index is 6.19. The van der Waals surface area contributed by atoms with Crippen LogP contribution in [0.5, 0.6) is 0 Å². The van der Waals surface area contributed by atoms with Gasteiger partial charge in [0.15, 0.2) is 0 Å². The van der Waals surface area contributed by atoms with Crippen molar-refractivity contribution in [1.29, 1.82) is 0 Å². The molecule has 27 heavy (non-hydrogen) atoms. The van der Waals surface area contributed by atoms with E-state index in [0.29, 0.717) is 11.5 Å². The summed E-state index contributed by atoms with van der Waals surface area (Å²) in [6.45, 7) is 10.4. The SMILES string of the molecule is CC.Cc1ccc(CN2CC[C@@](CCc3ccsc3)(C3CCCO3)C2)cn1. The molecule has 148 valence electrons. The van der Waals surface area contributed by atoms with Crippen molar-refractivity contribution in [3.8, 4) is 0 Å². The molecular weight excluding hydrogens is 352 g/mol.